The summed E-state index contributed by atoms with van der Waals surface area (Å²) in [5.74, 6) is 2.45. The Kier molecular flexibility index (Phi) is 5.81. The lowest BCUT2D eigenvalue weighted by Crippen LogP contribution is -2.28. The minimum absolute atomic E-state index is 0.100. The molecule has 6 heteroatoms. The maximum Gasteiger partial charge on any atom is 0.224 e. The van der Waals surface area contributed by atoms with E-state index in [0.29, 0.717) is 18.9 Å². The second kappa shape index (κ2) is 8.25. The van der Waals surface area contributed by atoms with E-state index in [1.807, 2.05) is 42.8 Å². The minimum Gasteiger partial charge on any atom is -0.326 e. The third kappa shape index (κ3) is 5.13. The molecular weight excluding hydrogens is 314 g/mol. The molecular formula is C19H27N5O. The van der Waals surface area contributed by atoms with E-state index in [0.717, 1.165) is 42.4 Å². The largest absolute Gasteiger partial charge is 0.326 e. The Morgan fingerprint density at radius 3 is 2.84 bits per heavy atom. The van der Waals surface area contributed by atoms with Crippen LogP contribution in [-0.2, 0) is 11.3 Å². The van der Waals surface area contributed by atoms with E-state index >= 15 is 0 Å². The van der Waals surface area contributed by atoms with Gasteiger partial charge >= 0.3 is 0 Å². The first-order valence-corrected chi connectivity index (χ1v) is 9.08. The van der Waals surface area contributed by atoms with E-state index in [9.17, 15) is 4.79 Å². The van der Waals surface area contributed by atoms with Crippen molar-refractivity contribution in [3.05, 3.63) is 41.5 Å². The van der Waals surface area contributed by atoms with Crippen molar-refractivity contribution in [3.63, 3.8) is 0 Å². The van der Waals surface area contributed by atoms with Crippen LogP contribution < -0.4 is 10.6 Å². The van der Waals surface area contributed by atoms with Gasteiger partial charge in [0.15, 0.2) is 0 Å². The maximum atomic E-state index is 12.2. The van der Waals surface area contributed by atoms with Gasteiger partial charge in [0.25, 0.3) is 0 Å². The molecule has 2 aromatic rings. The van der Waals surface area contributed by atoms with Crippen LogP contribution in [0.2, 0.25) is 0 Å². The van der Waals surface area contributed by atoms with Crippen molar-refractivity contribution in [1.82, 2.24) is 20.1 Å². The molecule has 0 aliphatic carbocycles. The van der Waals surface area contributed by atoms with Crippen molar-refractivity contribution in [3.8, 4) is 0 Å². The van der Waals surface area contributed by atoms with Crippen LogP contribution in [0.4, 0.5) is 5.69 Å². The van der Waals surface area contributed by atoms with Crippen LogP contribution in [0.5, 0.6) is 0 Å². The average molecular weight is 341 g/mol. The number of piperidine rings is 1. The number of amides is 1. The summed E-state index contributed by atoms with van der Waals surface area (Å²) in [7, 11) is 0. The molecule has 2 heterocycles. The van der Waals surface area contributed by atoms with Gasteiger partial charge in [-0.2, -0.15) is 5.10 Å². The van der Waals surface area contributed by atoms with Crippen LogP contribution in [0, 0.1) is 19.8 Å². The molecule has 1 aromatic heterocycles. The summed E-state index contributed by atoms with van der Waals surface area (Å²) in [5, 5.41) is 10.8. The number of nitrogens with zero attached hydrogens (tertiary/aromatic N) is 3. The van der Waals surface area contributed by atoms with Crippen molar-refractivity contribution >= 4 is 11.6 Å². The van der Waals surface area contributed by atoms with Gasteiger partial charge in [0.2, 0.25) is 5.91 Å². The number of aromatic nitrogens is 3. The summed E-state index contributed by atoms with van der Waals surface area (Å²) < 4.78 is 1.88. The van der Waals surface area contributed by atoms with Gasteiger partial charge in [-0.05, 0) is 69.8 Å². The Balaban J connectivity index is 1.53. The van der Waals surface area contributed by atoms with E-state index in [2.05, 4.69) is 20.7 Å². The van der Waals surface area contributed by atoms with E-state index in [-0.39, 0.29) is 5.91 Å². The fourth-order valence-corrected chi connectivity index (χ4v) is 3.36. The summed E-state index contributed by atoms with van der Waals surface area (Å²) in [6.45, 7) is 6.66. The third-order valence-electron chi connectivity index (χ3n) is 4.74. The molecule has 0 radical (unpaired) electrons. The molecule has 0 atom stereocenters. The molecule has 1 aromatic carbocycles. The number of carbonyl (C=O) groups is 1. The Morgan fingerprint density at radius 2 is 2.12 bits per heavy atom. The molecule has 1 amide bonds. The molecule has 1 fully saturated rings. The van der Waals surface area contributed by atoms with Gasteiger partial charge in [-0.15, -0.1) is 0 Å². The van der Waals surface area contributed by atoms with E-state index < -0.39 is 0 Å². The van der Waals surface area contributed by atoms with Crippen LogP contribution in [0.15, 0.2) is 24.3 Å². The van der Waals surface area contributed by atoms with Crippen molar-refractivity contribution in [2.45, 2.75) is 46.1 Å². The molecule has 0 spiro atoms. The van der Waals surface area contributed by atoms with Crippen LogP contribution in [0.1, 0.15) is 42.9 Å². The summed E-state index contributed by atoms with van der Waals surface area (Å²) in [4.78, 5) is 16.6. The minimum atomic E-state index is 0.100. The van der Waals surface area contributed by atoms with E-state index in [1.165, 1.54) is 12.8 Å². The van der Waals surface area contributed by atoms with Crippen LogP contribution in [-0.4, -0.2) is 33.8 Å². The summed E-state index contributed by atoms with van der Waals surface area (Å²) >= 11 is 0. The Labute approximate surface area is 149 Å². The van der Waals surface area contributed by atoms with Gasteiger partial charge in [-0.25, -0.2) is 9.67 Å². The first-order chi connectivity index (χ1) is 12.1. The van der Waals surface area contributed by atoms with Crippen molar-refractivity contribution in [1.29, 1.82) is 0 Å². The van der Waals surface area contributed by atoms with Gasteiger partial charge in [0.05, 0.1) is 6.54 Å². The smallest absolute Gasteiger partial charge is 0.224 e. The predicted molar refractivity (Wildman–Crippen MR) is 98.5 cm³/mol. The molecule has 1 aliphatic heterocycles. The number of hydrogen-bond donors (Lipinski definition) is 2. The first kappa shape index (κ1) is 17.6. The molecule has 0 bridgehead atoms. The third-order valence-corrected chi connectivity index (χ3v) is 4.74. The fourth-order valence-electron chi connectivity index (χ4n) is 3.36. The highest BCUT2D eigenvalue weighted by Crippen LogP contribution is 2.19. The second-order valence-corrected chi connectivity index (χ2v) is 6.84. The molecule has 0 unspecified atom stereocenters. The first-order valence-electron chi connectivity index (χ1n) is 9.08. The summed E-state index contributed by atoms with van der Waals surface area (Å²) in [5.41, 5.74) is 1.95. The number of benzene rings is 1. The zero-order valence-corrected chi connectivity index (χ0v) is 15.1. The molecule has 1 saturated heterocycles. The number of carbonyl (C=O) groups excluding carboxylic acids is 1. The number of hydrogen-bond acceptors (Lipinski definition) is 4. The van der Waals surface area contributed by atoms with Crippen LogP contribution in [0.25, 0.3) is 0 Å². The van der Waals surface area contributed by atoms with Gasteiger partial charge in [-0.1, -0.05) is 12.1 Å². The number of rotatable bonds is 6. The lowest BCUT2D eigenvalue weighted by Gasteiger charge is -2.22. The molecule has 0 saturated carbocycles. The maximum absolute atomic E-state index is 12.2. The molecule has 2 N–H and O–H groups in total. The lowest BCUT2D eigenvalue weighted by atomic mass is 9.93. The van der Waals surface area contributed by atoms with Crippen molar-refractivity contribution in [2.24, 2.45) is 5.92 Å². The van der Waals surface area contributed by atoms with Gasteiger partial charge in [0.1, 0.15) is 11.6 Å². The van der Waals surface area contributed by atoms with Gasteiger partial charge < -0.3 is 10.6 Å². The topological polar surface area (TPSA) is 71.8 Å². The molecule has 134 valence electrons. The number of anilines is 1. The van der Waals surface area contributed by atoms with Gasteiger partial charge in [0, 0.05) is 12.1 Å². The molecule has 1 aliphatic rings. The summed E-state index contributed by atoms with van der Waals surface area (Å²) in [6, 6.07) is 7.96. The van der Waals surface area contributed by atoms with E-state index in [1.54, 1.807) is 0 Å². The zero-order valence-electron chi connectivity index (χ0n) is 15.1. The number of nitrogens with one attached hydrogen (secondary N) is 2. The zero-order chi connectivity index (χ0) is 17.6. The monoisotopic (exact) mass is 341 g/mol. The lowest BCUT2D eigenvalue weighted by molar-refractivity contribution is -0.116. The van der Waals surface area contributed by atoms with Crippen molar-refractivity contribution < 1.29 is 4.79 Å². The number of aryl methyl sites for hydroxylation is 2. The molecule has 3 rings (SSSR count). The van der Waals surface area contributed by atoms with Crippen molar-refractivity contribution in [2.75, 3.05) is 18.4 Å². The standard InChI is InChI=1S/C19H27N5O/c1-14-21-15(2)24(23-14)13-17-4-3-5-18(12-17)22-19(25)7-6-16-8-10-20-11-9-16/h3-5,12,16,20H,6-11,13H2,1-2H3,(H,22,25). The SMILES string of the molecule is Cc1nc(C)n(Cc2cccc(NC(=O)CCC3CCNCC3)c2)n1. The normalized spacial score (nSPS) is 15.3. The highest BCUT2D eigenvalue weighted by molar-refractivity contribution is 5.90. The quantitative estimate of drug-likeness (QED) is 0.847. The van der Waals surface area contributed by atoms with Crippen LogP contribution >= 0.6 is 0 Å². The Hall–Kier alpha value is -2.21. The summed E-state index contributed by atoms with van der Waals surface area (Å²) in [6.07, 6.45) is 3.93. The Morgan fingerprint density at radius 1 is 1.32 bits per heavy atom. The van der Waals surface area contributed by atoms with Gasteiger partial charge in [-0.3, -0.25) is 4.79 Å². The fraction of sp³-hybridized carbons (Fsp3) is 0.526. The van der Waals surface area contributed by atoms with E-state index in [4.69, 9.17) is 0 Å². The molecule has 6 nitrogen and oxygen atoms in total. The molecule has 25 heavy (non-hydrogen) atoms. The predicted octanol–water partition coefficient (Wildman–Crippen LogP) is 2.66. The highest BCUT2D eigenvalue weighted by atomic mass is 16.1. The average Bonchev–Trinajstić information content (AvgIpc) is 2.91. The second-order valence-electron chi connectivity index (χ2n) is 6.84. The highest BCUT2D eigenvalue weighted by Gasteiger charge is 2.14. The van der Waals surface area contributed by atoms with Crippen LogP contribution in [0.3, 0.4) is 0 Å². The Bertz CT molecular complexity index is 718.